The molecule has 0 atom stereocenters. The Bertz CT molecular complexity index is 2980. The summed E-state index contributed by atoms with van der Waals surface area (Å²) in [5.41, 5.74) is 16.5. The fourth-order valence-electron chi connectivity index (χ4n) is 10.2. The smallest absolute Gasteiger partial charge is 0.508 e. The lowest BCUT2D eigenvalue weighted by Crippen LogP contribution is -2.29. The van der Waals surface area contributed by atoms with Crippen LogP contribution >= 0.6 is 0 Å². The highest BCUT2D eigenvalue weighted by Crippen LogP contribution is 2.58. The highest BCUT2D eigenvalue weighted by atomic mass is 16.7. The SMILES string of the molecule is Cc1cc(C2(c3ccc(COC(=O)Oc4ccc(C5(c6ccc(O)c(C)c6)c6ccccc6-c6ccccc65)cc4C)c(C)c3)c3ccccc3-c3ccccc32)ccc1O. The molecule has 0 bridgehead atoms. The summed E-state index contributed by atoms with van der Waals surface area (Å²) in [6.45, 7) is 7.89. The number of carbonyl (C=O) groups is 1. The molecule has 8 aromatic carbocycles. The molecule has 61 heavy (non-hydrogen) atoms. The number of aryl methyl sites for hydroxylation is 4. The highest BCUT2D eigenvalue weighted by molar-refractivity contribution is 5.88. The number of carbonyl (C=O) groups excluding carboxylic acids is 1. The van der Waals surface area contributed by atoms with Crippen molar-refractivity contribution in [2.45, 2.75) is 45.1 Å². The van der Waals surface area contributed by atoms with Crippen molar-refractivity contribution in [2.24, 2.45) is 0 Å². The maximum Gasteiger partial charge on any atom is 0.514 e. The first kappa shape index (κ1) is 37.9. The van der Waals surface area contributed by atoms with Gasteiger partial charge in [0.05, 0.1) is 10.8 Å². The predicted molar refractivity (Wildman–Crippen MR) is 241 cm³/mol. The Kier molecular flexibility index (Phi) is 8.95. The average molecular weight is 797 g/mol. The third kappa shape index (κ3) is 5.72. The van der Waals surface area contributed by atoms with Gasteiger partial charge in [0, 0.05) is 0 Å². The van der Waals surface area contributed by atoms with Crippen molar-refractivity contribution in [3.63, 3.8) is 0 Å². The minimum absolute atomic E-state index is 0.0391. The summed E-state index contributed by atoms with van der Waals surface area (Å²) in [5.74, 6) is 0.933. The van der Waals surface area contributed by atoms with E-state index in [1.54, 1.807) is 12.1 Å². The van der Waals surface area contributed by atoms with E-state index >= 15 is 0 Å². The number of phenolic OH excluding ortho intramolecular Hbond substituents is 2. The molecule has 0 saturated carbocycles. The molecule has 10 rings (SSSR count). The summed E-state index contributed by atoms with van der Waals surface area (Å²) in [6, 6.07) is 58.2. The highest BCUT2D eigenvalue weighted by Gasteiger charge is 2.47. The van der Waals surface area contributed by atoms with Crippen LogP contribution in [0.2, 0.25) is 0 Å². The van der Waals surface area contributed by atoms with Crippen LogP contribution in [0, 0.1) is 27.7 Å². The van der Waals surface area contributed by atoms with Gasteiger partial charge in [-0.1, -0.05) is 152 Å². The van der Waals surface area contributed by atoms with Gasteiger partial charge in [0.1, 0.15) is 23.9 Å². The average Bonchev–Trinajstić information content (AvgIpc) is 3.75. The molecule has 0 saturated heterocycles. The maximum absolute atomic E-state index is 13.4. The van der Waals surface area contributed by atoms with E-state index < -0.39 is 17.0 Å². The molecular formula is C56H44O5. The normalized spacial score (nSPS) is 13.8. The molecule has 5 heteroatoms. The Morgan fingerprint density at radius 1 is 0.443 bits per heavy atom. The van der Waals surface area contributed by atoms with Gasteiger partial charge in [-0.15, -0.1) is 0 Å². The Balaban J connectivity index is 0.952. The first-order valence-electron chi connectivity index (χ1n) is 20.7. The van der Waals surface area contributed by atoms with Gasteiger partial charge in [-0.05, 0) is 140 Å². The Hall–Kier alpha value is -7.37. The minimum atomic E-state index is -0.783. The van der Waals surface area contributed by atoms with Crippen molar-refractivity contribution >= 4 is 6.16 Å². The van der Waals surface area contributed by atoms with E-state index in [2.05, 4.69) is 127 Å². The van der Waals surface area contributed by atoms with Crippen LogP contribution in [0.1, 0.15) is 72.3 Å². The molecule has 2 aliphatic carbocycles. The van der Waals surface area contributed by atoms with Crippen LogP contribution in [0.4, 0.5) is 4.79 Å². The number of rotatable bonds is 7. The fourth-order valence-corrected chi connectivity index (χ4v) is 10.2. The quantitative estimate of drug-likeness (QED) is 0.124. The van der Waals surface area contributed by atoms with E-state index in [0.717, 1.165) is 72.3 Å². The van der Waals surface area contributed by atoms with E-state index in [1.165, 1.54) is 22.3 Å². The lowest BCUT2D eigenvalue weighted by Gasteiger charge is -2.34. The zero-order chi connectivity index (χ0) is 42.0. The zero-order valence-electron chi connectivity index (χ0n) is 34.5. The number of fused-ring (bicyclic) bond motifs is 6. The van der Waals surface area contributed by atoms with Gasteiger partial charge >= 0.3 is 6.16 Å². The molecule has 2 N–H and O–H groups in total. The van der Waals surface area contributed by atoms with Crippen LogP contribution in [0.3, 0.4) is 0 Å². The van der Waals surface area contributed by atoms with E-state index in [4.69, 9.17) is 9.47 Å². The molecule has 5 nitrogen and oxygen atoms in total. The molecule has 0 spiro atoms. The van der Waals surface area contributed by atoms with E-state index in [9.17, 15) is 15.0 Å². The molecule has 0 aromatic heterocycles. The summed E-state index contributed by atoms with van der Waals surface area (Å²) >= 11 is 0. The molecular weight excluding hydrogens is 753 g/mol. The Morgan fingerprint density at radius 3 is 1.20 bits per heavy atom. The number of benzene rings is 8. The number of hydrogen-bond donors (Lipinski definition) is 2. The van der Waals surface area contributed by atoms with Crippen molar-refractivity contribution < 1.29 is 24.5 Å². The van der Waals surface area contributed by atoms with Crippen LogP contribution < -0.4 is 4.74 Å². The van der Waals surface area contributed by atoms with Gasteiger partial charge < -0.3 is 19.7 Å². The van der Waals surface area contributed by atoms with E-state index in [1.807, 2.05) is 58.0 Å². The van der Waals surface area contributed by atoms with Crippen LogP contribution in [0.15, 0.2) is 170 Å². The molecule has 0 heterocycles. The van der Waals surface area contributed by atoms with Gasteiger partial charge in [0.25, 0.3) is 0 Å². The predicted octanol–water partition coefficient (Wildman–Crippen LogP) is 12.8. The summed E-state index contributed by atoms with van der Waals surface area (Å²) in [5, 5.41) is 21.1. The standard InChI is InChI=1S/C56H44O5/c1-34-29-39(55(40-23-26-51(57)35(2)30-40)47-17-9-5-13-43(47)44-14-6-10-18-48(44)55)22-21-38(34)33-60-54(59)61-53-28-25-42(32-37(53)4)56(41-24-27-52(58)36(3)31-41)49-19-11-7-15-45(49)46-16-8-12-20-50(46)56/h5-32,57-58H,33H2,1-4H3. The molecule has 0 aliphatic heterocycles. The van der Waals surface area contributed by atoms with Crippen molar-refractivity contribution in [3.05, 3.63) is 242 Å². The van der Waals surface area contributed by atoms with Crippen molar-refractivity contribution in [1.82, 2.24) is 0 Å². The van der Waals surface area contributed by atoms with Gasteiger partial charge in [-0.2, -0.15) is 0 Å². The Labute approximate surface area is 356 Å². The van der Waals surface area contributed by atoms with Crippen molar-refractivity contribution in [2.75, 3.05) is 0 Å². The molecule has 0 radical (unpaired) electrons. The summed E-state index contributed by atoms with van der Waals surface area (Å²) in [6.07, 6.45) is -0.783. The lowest BCUT2D eigenvalue weighted by molar-refractivity contribution is 0.0923. The second-order valence-electron chi connectivity index (χ2n) is 16.4. The van der Waals surface area contributed by atoms with Crippen LogP contribution in [0.25, 0.3) is 22.3 Å². The molecule has 0 amide bonds. The lowest BCUT2D eigenvalue weighted by atomic mass is 9.67. The number of hydrogen-bond acceptors (Lipinski definition) is 5. The van der Waals surface area contributed by atoms with Gasteiger partial charge in [0.15, 0.2) is 0 Å². The Morgan fingerprint density at radius 2 is 0.803 bits per heavy atom. The van der Waals surface area contributed by atoms with Crippen LogP contribution in [-0.2, 0) is 22.2 Å². The summed E-state index contributed by atoms with van der Waals surface area (Å²) in [7, 11) is 0. The minimum Gasteiger partial charge on any atom is -0.508 e. The van der Waals surface area contributed by atoms with Crippen molar-refractivity contribution in [1.29, 1.82) is 0 Å². The van der Waals surface area contributed by atoms with Gasteiger partial charge in [-0.25, -0.2) is 4.79 Å². The molecule has 0 fully saturated rings. The fraction of sp³-hybridized carbons (Fsp3) is 0.125. The van der Waals surface area contributed by atoms with Gasteiger partial charge in [-0.3, -0.25) is 0 Å². The largest absolute Gasteiger partial charge is 0.514 e. The number of aromatic hydroxyl groups is 2. The summed E-state index contributed by atoms with van der Waals surface area (Å²) in [4.78, 5) is 13.4. The third-order valence-electron chi connectivity index (χ3n) is 13.1. The van der Waals surface area contributed by atoms with Crippen molar-refractivity contribution in [3.8, 4) is 39.5 Å². The van der Waals surface area contributed by atoms with E-state index in [0.29, 0.717) is 5.75 Å². The number of ether oxygens (including phenoxy) is 2. The van der Waals surface area contributed by atoms with E-state index in [-0.39, 0.29) is 18.1 Å². The molecule has 0 unspecified atom stereocenters. The third-order valence-corrected chi connectivity index (χ3v) is 13.1. The zero-order valence-corrected chi connectivity index (χ0v) is 34.5. The van der Waals surface area contributed by atoms with Crippen LogP contribution in [-0.4, -0.2) is 16.4 Å². The topological polar surface area (TPSA) is 76.0 Å². The molecule has 8 aromatic rings. The van der Waals surface area contributed by atoms with Gasteiger partial charge in [0.2, 0.25) is 0 Å². The summed E-state index contributed by atoms with van der Waals surface area (Å²) < 4.78 is 11.7. The molecule has 2 aliphatic rings. The second kappa shape index (κ2) is 14.4. The first-order chi connectivity index (χ1) is 29.6. The molecule has 298 valence electrons. The monoisotopic (exact) mass is 796 g/mol. The maximum atomic E-state index is 13.4. The van der Waals surface area contributed by atoms with Crippen LogP contribution in [0.5, 0.6) is 17.2 Å². The first-order valence-corrected chi connectivity index (χ1v) is 20.7. The number of phenols is 2. The second-order valence-corrected chi connectivity index (χ2v) is 16.4.